The third kappa shape index (κ3) is 2.07. The first kappa shape index (κ1) is 9.51. The second kappa shape index (κ2) is 4.00. The van der Waals surface area contributed by atoms with Crippen molar-refractivity contribution in [1.29, 1.82) is 0 Å². The standard InChI is InChI=1S/C12H22O/c1-9(2)12-7-10-3-4-11(12)5-6-13-8-10/h9-12H,3-8H2,1-2H3. The van der Waals surface area contributed by atoms with Crippen molar-refractivity contribution < 1.29 is 4.74 Å². The number of fused-ring (bicyclic) bond motifs is 5. The first-order chi connectivity index (χ1) is 6.27. The van der Waals surface area contributed by atoms with Gasteiger partial charge < -0.3 is 4.74 Å². The summed E-state index contributed by atoms with van der Waals surface area (Å²) in [6.45, 7) is 6.84. The highest BCUT2D eigenvalue weighted by Crippen LogP contribution is 2.41. The van der Waals surface area contributed by atoms with Crippen LogP contribution in [0.25, 0.3) is 0 Å². The van der Waals surface area contributed by atoms with Gasteiger partial charge in [-0.1, -0.05) is 13.8 Å². The van der Waals surface area contributed by atoms with Gasteiger partial charge in [0.1, 0.15) is 0 Å². The van der Waals surface area contributed by atoms with Crippen molar-refractivity contribution in [2.75, 3.05) is 13.2 Å². The molecule has 2 bridgehead atoms. The van der Waals surface area contributed by atoms with Gasteiger partial charge in [0.05, 0.1) is 0 Å². The summed E-state index contributed by atoms with van der Waals surface area (Å²) in [6.07, 6.45) is 5.64. The molecule has 2 saturated heterocycles. The molecule has 0 spiro atoms. The summed E-state index contributed by atoms with van der Waals surface area (Å²) < 4.78 is 5.64. The molecule has 13 heavy (non-hydrogen) atoms. The molecule has 2 heterocycles. The third-order valence-electron chi connectivity index (χ3n) is 4.00. The highest BCUT2D eigenvalue weighted by atomic mass is 16.5. The van der Waals surface area contributed by atoms with Crippen LogP contribution in [-0.2, 0) is 4.74 Å². The first-order valence-corrected chi connectivity index (χ1v) is 5.85. The van der Waals surface area contributed by atoms with Crippen LogP contribution in [0.2, 0.25) is 0 Å². The number of hydrogen-bond donors (Lipinski definition) is 0. The van der Waals surface area contributed by atoms with E-state index in [1.807, 2.05) is 0 Å². The first-order valence-electron chi connectivity index (χ1n) is 5.85. The van der Waals surface area contributed by atoms with E-state index in [9.17, 15) is 0 Å². The molecule has 1 heteroatoms. The Morgan fingerprint density at radius 2 is 2.00 bits per heavy atom. The van der Waals surface area contributed by atoms with Gasteiger partial charge in [-0.25, -0.2) is 0 Å². The molecule has 0 radical (unpaired) electrons. The average molecular weight is 182 g/mol. The molecule has 3 aliphatic rings. The largest absolute Gasteiger partial charge is 0.381 e. The smallest absolute Gasteiger partial charge is 0.0494 e. The zero-order chi connectivity index (χ0) is 9.26. The summed E-state index contributed by atoms with van der Waals surface area (Å²) in [5.41, 5.74) is 0. The fourth-order valence-electron chi connectivity index (χ4n) is 3.17. The van der Waals surface area contributed by atoms with Crippen LogP contribution in [0.3, 0.4) is 0 Å². The lowest BCUT2D eigenvalue weighted by Gasteiger charge is -2.40. The minimum absolute atomic E-state index is 0.879. The van der Waals surface area contributed by atoms with Gasteiger partial charge >= 0.3 is 0 Å². The van der Waals surface area contributed by atoms with Gasteiger partial charge in [0.2, 0.25) is 0 Å². The fraction of sp³-hybridized carbons (Fsp3) is 1.00. The van der Waals surface area contributed by atoms with Crippen LogP contribution >= 0.6 is 0 Å². The molecule has 3 atom stereocenters. The van der Waals surface area contributed by atoms with Gasteiger partial charge in [-0.05, 0) is 49.4 Å². The molecule has 0 aromatic rings. The normalized spacial score (nSPS) is 40.4. The zero-order valence-corrected chi connectivity index (χ0v) is 8.96. The summed E-state index contributed by atoms with van der Waals surface area (Å²) >= 11 is 0. The molecule has 2 aliphatic heterocycles. The van der Waals surface area contributed by atoms with Gasteiger partial charge in [0.15, 0.2) is 0 Å². The lowest BCUT2D eigenvalue weighted by Crippen LogP contribution is -2.33. The Hall–Kier alpha value is -0.0400. The van der Waals surface area contributed by atoms with Crippen molar-refractivity contribution >= 4 is 0 Å². The van der Waals surface area contributed by atoms with Gasteiger partial charge in [-0.15, -0.1) is 0 Å². The van der Waals surface area contributed by atoms with E-state index in [1.54, 1.807) is 0 Å². The molecular formula is C12H22O. The minimum atomic E-state index is 0.879. The van der Waals surface area contributed by atoms with Gasteiger partial charge in [-0.2, -0.15) is 0 Å². The molecule has 76 valence electrons. The number of ether oxygens (including phenoxy) is 1. The van der Waals surface area contributed by atoms with Crippen LogP contribution in [0.15, 0.2) is 0 Å². The quantitative estimate of drug-likeness (QED) is 0.605. The summed E-state index contributed by atoms with van der Waals surface area (Å²) in [4.78, 5) is 0. The molecule has 1 aliphatic carbocycles. The molecule has 1 saturated carbocycles. The van der Waals surface area contributed by atoms with Crippen molar-refractivity contribution in [1.82, 2.24) is 0 Å². The maximum Gasteiger partial charge on any atom is 0.0494 e. The average Bonchev–Trinajstić information content (AvgIpc) is 2.04. The molecule has 1 nitrogen and oxygen atoms in total. The number of hydrogen-bond acceptors (Lipinski definition) is 1. The van der Waals surface area contributed by atoms with E-state index in [4.69, 9.17) is 4.74 Å². The molecule has 0 aromatic carbocycles. The maximum absolute atomic E-state index is 5.64. The molecule has 0 amide bonds. The Labute approximate surface area is 81.9 Å². The molecule has 3 unspecified atom stereocenters. The summed E-state index contributed by atoms with van der Waals surface area (Å²) in [5, 5.41) is 0. The Kier molecular flexibility index (Phi) is 2.92. The molecule has 0 N–H and O–H groups in total. The fourth-order valence-corrected chi connectivity index (χ4v) is 3.17. The van der Waals surface area contributed by atoms with E-state index in [0.717, 1.165) is 36.9 Å². The zero-order valence-electron chi connectivity index (χ0n) is 8.96. The predicted octanol–water partition coefficient (Wildman–Crippen LogP) is 3.10. The Morgan fingerprint density at radius 3 is 2.77 bits per heavy atom. The lowest BCUT2D eigenvalue weighted by atomic mass is 9.68. The van der Waals surface area contributed by atoms with E-state index < -0.39 is 0 Å². The Morgan fingerprint density at radius 1 is 1.15 bits per heavy atom. The monoisotopic (exact) mass is 182 g/mol. The van der Waals surface area contributed by atoms with E-state index >= 15 is 0 Å². The highest BCUT2D eigenvalue weighted by Gasteiger charge is 2.33. The van der Waals surface area contributed by atoms with Crippen LogP contribution in [-0.4, -0.2) is 13.2 Å². The van der Waals surface area contributed by atoms with E-state index in [-0.39, 0.29) is 0 Å². The Balaban J connectivity index is 2.04. The summed E-state index contributed by atoms with van der Waals surface area (Å²) in [7, 11) is 0. The van der Waals surface area contributed by atoms with Crippen LogP contribution in [0.4, 0.5) is 0 Å². The molecule has 3 rings (SSSR count). The summed E-state index contributed by atoms with van der Waals surface area (Å²) in [6, 6.07) is 0. The van der Waals surface area contributed by atoms with E-state index in [0.29, 0.717) is 0 Å². The Bertz CT molecular complexity index is 161. The van der Waals surface area contributed by atoms with Crippen LogP contribution in [0.5, 0.6) is 0 Å². The highest BCUT2D eigenvalue weighted by molar-refractivity contribution is 4.83. The van der Waals surface area contributed by atoms with Crippen molar-refractivity contribution in [3.05, 3.63) is 0 Å². The second-order valence-electron chi connectivity index (χ2n) is 5.21. The van der Waals surface area contributed by atoms with E-state index in [1.165, 1.54) is 25.7 Å². The maximum atomic E-state index is 5.64. The second-order valence-corrected chi connectivity index (χ2v) is 5.21. The SMILES string of the molecule is CC(C)C1CC2CCC1CCOC2. The van der Waals surface area contributed by atoms with E-state index in [2.05, 4.69) is 13.8 Å². The van der Waals surface area contributed by atoms with Crippen LogP contribution in [0, 0.1) is 23.7 Å². The third-order valence-corrected chi connectivity index (χ3v) is 4.00. The van der Waals surface area contributed by atoms with Crippen molar-refractivity contribution in [2.45, 2.75) is 39.5 Å². The lowest BCUT2D eigenvalue weighted by molar-refractivity contribution is -0.00173. The molecular weight excluding hydrogens is 160 g/mol. The van der Waals surface area contributed by atoms with Gasteiger partial charge in [0, 0.05) is 13.2 Å². The topological polar surface area (TPSA) is 9.23 Å². The minimum Gasteiger partial charge on any atom is -0.381 e. The van der Waals surface area contributed by atoms with Crippen LogP contribution in [0.1, 0.15) is 39.5 Å². The number of rotatable bonds is 1. The molecule has 3 fully saturated rings. The van der Waals surface area contributed by atoms with Crippen molar-refractivity contribution in [2.24, 2.45) is 23.7 Å². The predicted molar refractivity (Wildman–Crippen MR) is 54.6 cm³/mol. The summed E-state index contributed by atoms with van der Waals surface area (Å²) in [5.74, 6) is 3.72. The van der Waals surface area contributed by atoms with Gasteiger partial charge in [0.25, 0.3) is 0 Å². The van der Waals surface area contributed by atoms with Gasteiger partial charge in [-0.3, -0.25) is 0 Å². The van der Waals surface area contributed by atoms with Crippen molar-refractivity contribution in [3.63, 3.8) is 0 Å². The van der Waals surface area contributed by atoms with Crippen molar-refractivity contribution in [3.8, 4) is 0 Å². The molecule has 0 aromatic heterocycles. The van der Waals surface area contributed by atoms with Crippen LogP contribution < -0.4 is 0 Å².